The molecule has 0 bridgehead atoms. The van der Waals surface area contributed by atoms with E-state index in [1.54, 1.807) is 13.1 Å². The molecule has 0 aliphatic rings. The first-order valence-electron chi connectivity index (χ1n) is 5.84. The van der Waals surface area contributed by atoms with E-state index in [1.807, 2.05) is 27.7 Å². The van der Waals surface area contributed by atoms with Gasteiger partial charge in [-0.3, -0.25) is 0 Å². The number of thiophene rings is 1. The van der Waals surface area contributed by atoms with E-state index in [4.69, 9.17) is 11.6 Å². The quantitative estimate of drug-likeness (QED) is 0.721. The highest BCUT2D eigenvalue weighted by molar-refractivity contribution is 9.11. The summed E-state index contributed by atoms with van der Waals surface area (Å²) in [6, 6.07) is 1.53. The molecule has 0 saturated carbocycles. The van der Waals surface area contributed by atoms with Crippen molar-refractivity contribution in [1.29, 1.82) is 0 Å². The lowest BCUT2D eigenvalue weighted by atomic mass is 9.88. The summed E-state index contributed by atoms with van der Waals surface area (Å²) in [4.78, 5) is 1.13. The highest BCUT2D eigenvalue weighted by atomic mass is 79.9. The molecule has 0 saturated heterocycles. The molecule has 1 aromatic heterocycles. The van der Waals surface area contributed by atoms with Crippen LogP contribution in [0.25, 0.3) is 0 Å². The summed E-state index contributed by atoms with van der Waals surface area (Å²) in [7, 11) is -1.88. The Kier molecular flexibility index (Phi) is 5.52. The molecule has 1 unspecified atom stereocenters. The fourth-order valence-corrected chi connectivity index (χ4v) is 5.81. The molecule has 0 aliphatic heterocycles. The van der Waals surface area contributed by atoms with Crippen LogP contribution in [-0.4, -0.2) is 25.8 Å². The summed E-state index contributed by atoms with van der Waals surface area (Å²) in [5.74, 6) is 0.317. The van der Waals surface area contributed by atoms with Gasteiger partial charge in [0.1, 0.15) is 4.90 Å². The van der Waals surface area contributed by atoms with E-state index in [2.05, 4.69) is 15.9 Å². The summed E-state index contributed by atoms with van der Waals surface area (Å²) in [6.45, 7) is 7.99. The van der Waals surface area contributed by atoms with E-state index in [-0.39, 0.29) is 11.5 Å². The smallest absolute Gasteiger partial charge is 0.207 e. The predicted molar refractivity (Wildman–Crippen MR) is 85.4 cm³/mol. The Balaban J connectivity index is 3.20. The van der Waals surface area contributed by atoms with Crippen molar-refractivity contribution in [3.63, 3.8) is 0 Å². The summed E-state index contributed by atoms with van der Waals surface area (Å²) in [5, 5.41) is 0. The molecule has 0 radical (unpaired) electrons. The molecule has 0 fully saturated rings. The molecule has 1 rings (SSSR count). The van der Waals surface area contributed by atoms with Gasteiger partial charge in [-0.05, 0) is 34.3 Å². The second-order valence-electron chi connectivity index (χ2n) is 5.55. The van der Waals surface area contributed by atoms with Crippen LogP contribution in [-0.2, 0) is 15.9 Å². The Hall–Kier alpha value is 0.380. The molecular formula is C12H19BrClNO2S2. The summed E-state index contributed by atoms with van der Waals surface area (Å²) in [6.07, 6.45) is 0. The van der Waals surface area contributed by atoms with Crippen LogP contribution < -0.4 is 0 Å². The van der Waals surface area contributed by atoms with Crippen molar-refractivity contribution in [3.8, 4) is 0 Å². The maximum absolute atomic E-state index is 12.6. The summed E-state index contributed by atoms with van der Waals surface area (Å²) < 4.78 is 27.3. The van der Waals surface area contributed by atoms with Crippen molar-refractivity contribution in [2.45, 2.75) is 44.5 Å². The van der Waals surface area contributed by atoms with Gasteiger partial charge in [0.15, 0.2) is 0 Å². The monoisotopic (exact) mass is 387 g/mol. The zero-order valence-corrected chi connectivity index (χ0v) is 15.7. The molecule has 0 N–H and O–H groups in total. The Morgan fingerprint density at radius 3 is 2.37 bits per heavy atom. The first-order chi connectivity index (χ1) is 8.51. The van der Waals surface area contributed by atoms with Gasteiger partial charge >= 0.3 is 0 Å². The third-order valence-corrected chi connectivity index (χ3v) is 7.92. The molecule has 0 aromatic carbocycles. The maximum atomic E-state index is 12.6. The lowest BCUT2D eigenvalue weighted by Gasteiger charge is -2.34. The van der Waals surface area contributed by atoms with Gasteiger partial charge in [0.05, 0.1) is 9.67 Å². The fourth-order valence-electron chi connectivity index (χ4n) is 1.55. The zero-order chi connectivity index (χ0) is 15.0. The molecule has 3 nitrogen and oxygen atoms in total. The van der Waals surface area contributed by atoms with Crippen LogP contribution in [0.3, 0.4) is 0 Å². The van der Waals surface area contributed by atoms with E-state index in [0.717, 1.165) is 4.88 Å². The SMILES string of the molecule is CC(N(C)S(=O)(=O)c1cc(CCl)sc1Br)C(C)(C)C. The highest BCUT2D eigenvalue weighted by Gasteiger charge is 2.34. The van der Waals surface area contributed by atoms with Crippen LogP contribution >= 0.6 is 38.9 Å². The highest BCUT2D eigenvalue weighted by Crippen LogP contribution is 2.36. The minimum Gasteiger partial charge on any atom is -0.207 e. The van der Waals surface area contributed by atoms with Crippen LogP contribution in [0, 0.1) is 5.41 Å². The second kappa shape index (κ2) is 6.02. The number of rotatable bonds is 4. The van der Waals surface area contributed by atoms with Crippen molar-refractivity contribution in [1.82, 2.24) is 4.31 Å². The van der Waals surface area contributed by atoms with Gasteiger partial charge in [0.2, 0.25) is 10.0 Å². The number of sulfonamides is 1. The zero-order valence-electron chi connectivity index (χ0n) is 11.7. The van der Waals surface area contributed by atoms with Crippen LogP contribution in [0.15, 0.2) is 14.7 Å². The number of nitrogens with zero attached hydrogens (tertiary/aromatic N) is 1. The van der Waals surface area contributed by atoms with Gasteiger partial charge in [0.25, 0.3) is 0 Å². The molecule has 7 heteroatoms. The van der Waals surface area contributed by atoms with E-state index in [1.165, 1.54) is 15.6 Å². The van der Waals surface area contributed by atoms with Crippen LogP contribution in [0.5, 0.6) is 0 Å². The van der Waals surface area contributed by atoms with Crippen LogP contribution in [0.2, 0.25) is 0 Å². The molecule has 0 amide bonds. The van der Waals surface area contributed by atoms with Crippen LogP contribution in [0.4, 0.5) is 0 Å². The third kappa shape index (κ3) is 3.73. The maximum Gasteiger partial charge on any atom is 0.245 e. The van der Waals surface area contributed by atoms with E-state index >= 15 is 0 Å². The molecule has 0 spiro atoms. The Morgan fingerprint density at radius 1 is 1.47 bits per heavy atom. The molecule has 1 aromatic rings. The molecule has 1 heterocycles. The van der Waals surface area contributed by atoms with Gasteiger partial charge < -0.3 is 0 Å². The van der Waals surface area contributed by atoms with Crippen molar-refractivity contribution in [2.24, 2.45) is 5.41 Å². The van der Waals surface area contributed by atoms with E-state index in [9.17, 15) is 8.42 Å². The second-order valence-corrected chi connectivity index (χ2v) is 10.2. The summed E-state index contributed by atoms with van der Waals surface area (Å²) in [5.41, 5.74) is -0.125. The average Bonchev–Trinajstić information content (AvgIpc) is 2.68. The minimum atomic E-state index is -3.50. The van der Waals surface area contributed by atoms with E-state index in [0.29, 0.717) is 14.6 Å². The standard InChI is InChI=1S/C12H19BrClNO2S2/c1-8(12(2,3)4)15(5)19(16,17)10-6-9(7-14)18-11(10)13/h6,8H,7H2,1-5H3. The van der Waals surface area contributed by atoms with Crippen molar-refractivity contribution in [2.75, 3.05) is 7.05 Å². The predicted octanol–water partition coefficient (Wildman–Crippen LogP) is 4.30. The minimum absolute atomic E-state index is 0.108. The lowest BCUT2D eigenvalue weighted by molar-refractivity contribution is 0.216. The van der Waals surface area contributed by atoms with Gasteiger partial charge in [0, 0.05) is 18.0 Å². The van der Waals surface area contributed by atoms with Crippen molar-refractivity contribution >= 4 is 48.9 Å². The lowest BCUT2D eigenvalue weighted by Crippen LogP contribution is -2.42. The Bertz CT molecular complexity index is 549. The Morgan fingerprint density at radius 2 is 2.00 bits per heavy atom. The average molecular weight is 389 g/mol. The topological polar surface area (TPSA) is 37.4 Å². The summed E-state index contributed by atoms with van der Waals surface area (Å²) >= 11 is 10.4. The fraction of sp³-hybridized carbons (Fsp3) is 0.667. The molecule has 19 heavy (non-hydrogen) atoms. The number of alkyl halides is 1. The first-order valence-corrected chi connectivity index (χ1v) is 9.42. The third-order valence-electron chi connectivity index (χ3n) is 3.29. The number of halogens is 2. The molecule has 0 aliphatic carbocycles. The largest absolute Gasteiger partial charge is 0.245 e. The van der Waals surface area contributed by atoms with Crippen molar-refractivity contribution < 1.29 is 8.42 Å². The molecule has 1 atom stereocenters. The Labute approximate surface area is 133 Å². The van der Waals surface area contributed by atoms with Gasteiger partial charge in [-0.25, -0.2) is 8.42 Å². The number of hydrogen-bond donors (Lipinski definition) is 0. The van der Waals surface area contributed by atoms with Gasteiger partial charge in [-0.1, -0.05) is 20.8 Å². The number of hydrogen-bond acceptors (Lipinski definition) is 3. The van der Waals surface area contributed by atoms with Crippen LogP contribution in [0.1, 0.15) is 32.6 Å². The van der Waals surface area contributed by atoms with Gasteiger partial charge in [-0.2, -0.15) is 4.31 Å². The van der Waals surface area contributed by atoms with Gasteiger partial charge in [-0.15, -0.1) is 22.9 Å². The molecular weight excluding hydrogens is 370 g/mol. The van der Waals surface area contributed by atoms with Crippen molar-refractivity contribution in [3.05, 3.63) is 14.7 Å². The molecule has 110 valence electrons. The first kappa shape index (κ1) is 17.4. The van der Waals surface area contributed by atoms with E-state index < -0.39 is 10.0 Å². The normalized spacial score (nSPS) is 14.9.